The first-order valence-electron chi connectivity index (χ1n) is 3.97. The summed E-state index contributed by atoms with van der Waals surface area (Å²) in [5.41, 5.74) is 0. The van der Waals surface area contributed by atoms with Crippen LogP contribution < -0.4 is 0 Å². The molecule has 1 rings (SSSR count). The Balaban J connectivity index is 2.48. The van der Waals surface area contributed by atoms with Crippen molar-refractivity contribution in [1.29, 1.82) is 0 Å². The number of rotatable bonds is 2. The van der Waals surface area contributed by atoms with Gasteiger partial charge in [-0.15, -0.1) is 0 Å². The lowest BCUT2D eigenvalue weighted by atomic mass is 10.1. The van der Waals surface area contributed by atoms with Crippen LogP contribution in [0.25, 0.3) is 0 Å². The van der Waals surface area contributed by atoms with Gasteiger partial charge in [0, 0.05) is 6.54 Å². The van der Waals surface area contributed by atoms with Gasteiger partial charge in [0.15, 0.2) is 0 Å². The topological polar surface area (TPSA) is 70.0 Å². The highest BCUT2D eigenvalue weighted by Crippen LogP contribution is 2.17. The first-order chi connectivity index (χ1) is 5.75. The largest absolute Gasteiger partial charge is 0.465 e. The van der Waals surface area contributed by atoms with Crippen LogP contribution in [0.5, 0.6) is 0 Å². The molecule has 0 saturated carbocycles. The van der Waals surface area contributed by atoms with E-state index in [1.54, 1.807) is 0 Å². The van der Waals surface area contributed by atoms with Crippen molar-refractivity contribution in [1.82, 2.24) is 4.90 Å². The van der Waals surface area contributed by atoms with Gasteiger partial charge in [-0.3, -0.25) is 4.90 Å². The Morgan fingerprint density at radius 3 is 2.92 bits per heavy atom. The molecule has 0 aromatic rings. The standard InChI is InChI=1S/C7H13NO4/c9-5-12-6-3-1-2-4-8(6)7(10)11/h6,9H,1-5H2,(H,10,11)/t6-/m0/s1. The summed E-state index contributed by atoms with van der Waals surface area (Å²) in [5.74, 6) is 0. The lowest BCUT2D eigenvalue weighted by molar-refractivity contribution is -0.121. The van der Waals surface area contributed by atoms with Crippen molar-refractivity contribution >= 4 is 6.09 Å². The molecule has 5 heteroatoms. The fourth-order valence-electron chi connectivity index (χ4n) is 1.38. The lowest BCUT2D eigenvalue weighted by Crippen LogP contribution is -2.44. The number of likely N-dealkylation sites (tertiary alicyclic amines) is 1. The first-order valence-corrected chi connectivity index (χ1v) is 3.97. The van der Waals surface area contributed by atoms with Crippen molar-refractivity contribution in [3.63, 3.8) is 0 Å². The van der Waals surface area contributed by atoms with E-state index in [9.17, 15) is 4.79 Å². The predicted octanol–water partition coefficient (Wildman–Crippen LogP) is 0.443. The van der Waals surface area contributed by atoms with Crippen molar-refractivity contribution in [3.8, 4) is 0 Å². The normalized spacial score (nSPS) is 24.1. The van der Waals surface area contributed by atoms with Crippen LogP contribution in [0.4, 0.5) is 4.79 Å². The van der Waals surface area contributed by atoms with E-state index < -0.39 is 19.1 Å². The van der Waals surface area contributed by atoms with E-state index in [4.69, 9.17) is 14.9 Å². The molecule has 12 heavy (non-hydrogen) atoms. The number of aliphatic hydroxyl groups excluding tert-OH is 1. The van der Waals surface area contributed by atoms with E-state index in [0.717, 1.165) is 12.8 Å². The van der Waals surface area contributed by atoms with Crippen molar-refractivity contribution in [2.24, 2.45) is 0 Å². The fourth-order valence-corrected chi connectivity index (χ4v) is 1.38. The number of ether oxygens (including phenoxy) is 1. The molecule has 0 bridgehead atoms. The summed E-state index contributed by atoms with van der Waals surface area (Å²) in [6.07, 6.45) is 1.06. The van der Waals surface area contributed by atoms with Crippen LogP contribution >= 0.6 is 0 Å². The SMILES string of the molecule is O=C(O)N1CCCC[C@@H]1OCO. The second kappa shape index (κ2) is 4.27. The second-order valence-electron chi connectivity index (χ2n) is 2.72. The summed E-state index contributed by atoms with van der Waals surface area (Å²) >= 11 is 0. The van der Waals surface area contributed by atoms with Gasteiger partial charge in [-0.1, -0.05) is 0 Å². The molecule has 0 unspecified atom stereocenters. The molecule has 0 aromatic heterocycles. The number of amides is 1. The Labute approximate surface area is 70.5 Å². The summed E-state index contributed by atoms with van der Waals surface area (Å²) in [5, 5.41) is 17.2. The van der Waals surface area contributed by atoms with E-state index in [-0.39, 0.29) is 0 Å². The van der Waals surface area contributed by atoms with Crippen LogP contribution in [0.15, 0.2) is 0 Å². The highest BCUT2D eigenvalue weighted by Gasteiger charge is 2.26. The Kier molecular flexibility index (Phi) is 3.31. The van der Waals surface area contributed by atoms with Gasteiger partial charge in [-0.2, -0.15) is 0 Å². The van der Waals surface area contributed by atoms with E-state index in [2.05, 4.69) is 0 Å². The van der Waals surface area contributed by atoms with Crippen LogP contribution in [0.2, 0.25) is 0 Å². The molecular weight excluding hydrogens is 162 g/mol. The molecule has 0 aliphatic carbocycles. The van der Waals surface area contributed by atoms with E-state index >= 15 is 0 Å². The average molecular weight is 175 g/mol. The van der Waals surface area contributed by atoms with Crippen molar-refractivity contribution in [2.75, 3.05) is 13.3 Å². The maximum absolute atomic E-state index is 10.6. The molecule has 5 nitrogen and oxygen atoms in total. The van der Waals surface area contributed by atoms with E-state index in [1.165, 1.54) is 4.90 Å². The first kappa shape index (κ1) is 9.28. The van der Waals surface area contributed by atoms with Gasteiger partial charge in [0.25, 0.3) is 0 Å². The molecule has 1 aliphatic heterocycles. The molecule has 1 amide bonds. The maximum Gasteiger partial charge on any atom is 0.409 e. The zero-order valence-corrected chi connectivity index (χ0v) is 6.77. The minimum atomic E-state index is -0.979. The van der Waals surface area contributed by atoms with Crippen molar-refractivity contribution in [3.05, 3.63) is 0 Å². The quantitative estimate of drug-likeness (QED) is 0.597. The predicted molar refractivity (Wildman–Crippen MR) is 40.5 cm³/mol. The number of hydrogen-bond donors (Lipinski definition) is 2. The molecule has 0 radical (unpaired) electrons. The number of carbonyl (C=O) groups is 1. The van der Waals surface area contributed by atoms with Crippen LogP contribution in [-0.2, 0) is 4.74 Å². The van der Waals surface area contributed by atoms with Gasteiger partial charge in [0.2, 0.25) is 0 Å². The summed E-state index contributed by atoms with van der Waals surface area (Å²) in [6, 6.07) is 0. The maximum atomic E-state index is 10.6. The summed E-state index contributed by atoms with van der Waals surface area (Å²) in [7, 11) is 0. The second-order valence-corrected chi connectivity index (χ2v) is 2.72. The molecule has 1 saturated heterocycles. The molecule has 1 atom stereocenters. The highest BCUT2D eigenvalue weighted by molar-refractivity contribution is 5.65. The summed E-state index contributed by atoms with van der Waals surface area (Å²) in [4.78, 5) is 11.8. The monoisotopic (exact) mass is 175 g/mol. The van der Waals surface area contributed by atoms with Crippen LogP contribution in [-0.4, -0.2) is 40.8 Å². The van der Waals surface area contributed by atoms with Crippen molar-refractivity contribution < 1.29 is 19.7 Å². The number of hydrogen-bond acceptors (Lipinski definition) is 3. The number of carboxylic acid groups (broad SMARTS) is 1. The van der Waals surface area contributed by atoms with Gasteiger partial charge in [-0.05, 0) is 19.3 Å². The Morgan fingerprint density at radius 1 is 1.58 bits per heavy atom. The smallest absolute Gasteiger partial charge is 0.409 e. The van der Waals surface area contributed by atoms with Crippen LogP contribution in [0, 0.1) is 0 Å². The lowest BCUT2D eigenvalue weighted by Gasteiger charge is -2.32. The molecule has 70 valence electrons. The number of piperidine rings is 1. The minimum absolute atomic E-state index is 0.422. The summed E-state index contributed by atoms with van der Waals surface area (Å²) in [6.45, 7) is 0.0778. The molecule has 2 N–H and O–H groups in total. The molecule has 0 aromatic carbocycles. The zero-order chi connectivity index (χ0) is 8.97. The minimum Gasteiger partial charge on any atom is -0.465 e. The van der Waals surface area contributed by atoms with E-state index in [0.29, 0.717) is 13.0 Å². The molecular formula is C7H13NO4. The van der Waals surface area contributed by atoms with Gasteiger partial charge in [0.05, 0.1) is 0 Å². The van der Waals surface area contributed by atoms with Gasteiger partial charge in [0.1, 0.15) is 13.0 Å². The Morgan fingerprint density at radius 2 is 2.33 bits per heavy atom. The number of aliphatic hydroxyl groups is 1. The molecule has 0 spiro atoms. The molecule has 1 aliphatic rings. The third-order valence-corrected chi connectivity index (χ3v) is 1.96. The van der Waals surface area contributed by atoms with Gasteiger partial charge < -0.3 is 14.9 Å². The van der Waals surface area contributed by atoms with Crippen LogP contribution in [0.3, 0.4) is 0 Å². The number of nitrogens with zero attached hydrogens (tertiary/aromatic N) is 1. The van der Waals surface area contributed by atoms with Gasteiger partial charge in [-0.25, -0.2) is 4.79 Å². The van der Waals surface area contributed by atoms with Crippen molar-refractivity contribution in [2.45, 2.75) is 25.5 Å². The molecule has 1 fully saturated rings. The fraction of sp³-hybridized carbons (Fsp3) is 0.857. The average Bonchev–Trinajstić information content (AvgIpc) is 2.05. The highest BCUT2D eigenvalue weighted by atomic mass is 16.6. The van der Waals surface area contributed by atoms with E-state index in [1.807, 2.05) is 0 Å². The van der Waals surface area contributed by atoms with Crippen LogP contribution in [0.1, 0.15) is 19.3 Å². The summed E-state index contributed by atoms with van der Waals surface area (Å²) < 4.78 is 4.86. The third-order valence-electron chi connectivity index (χ3n) is 1.96. The van der Waals surface area contributed by atoms with Gasteiger partial charge >= 0.3 is 6.09 Å². The Hall–Kier alpha value is -0.810. The zero-order valence-electron chi connectivity index (χ0n) is 6.77. The molecule has 1 heterocycles. The third kappa shape index (κ3) is 2.09. The Bertz CT molecular complexity index is 159.